The summed E-state index contributed by atoms with van der Waals surface area (Å²) >= 11 is 5.41. The molecule has 0 aliphatic rings. The van der Waals surface area contributed by atoms with Crippen molar-refractivity contribution in [3.63, 3.8) is 0 Å². The third-order valence-corrected chi connectivity index (χ3v) is 1.29. The Morgan fingerprint density at radius 1 is 1.70 bits per heavy atom. The summed E-state index contributed by atoms with van der Waals surface area (Å²) in [7, 11) is 0. The minimum absolute atomic E-state index is 0.0220. The lowest BCUT2D eigenvalue weighted by Gasteiger charge is -1.93. The summed E-state index contributed by atoms with van der Waals surface area (Å²) in [5.74, 6) is -0.153. The molecule has 0 aliphatic carbocycles. The van der Waals surface area contributed by atoms with Gasteiger partial charge in [-0.1, -0.05) is 11.6 Å². The van der Waals surface area contributed by atoms with Crippen LogP contribution in [0.3, 0.4) is 0 Å². The van der Waals surface area contributed by atoms with Crippen LogP contribution in [0, 0.1) is 6.92 Å². The van der Waals surface area contributed by atoms with E-state index in [0.717, 1.165) is 0 Å². The Labute approximate surface area is 61.9 Å². The number of hydrogen-bond donors (Lipinski definition) is 1. The Morgan fingerprint density at radius 2 is 2.30 bits per heavy atom. The summed E-state index contributed by atoms with van der Waals surface area (Å²) in [5.41, 5.74) is -0.801. The van der Waals surface area contributed by atoms with Crippen LogP contribution in [0.4, 0.5) is 0 Å². The monoisotopic (exact) mass is 160 g/mol. The van der Waals surface area contributed by atoms with Gasteiger partial charge in [0.05, 0.1) is 5.02 Å². The van der Waals surface area contributed by atoms with E-state index in [4.69, 9.17) is 16.7 Å². The van der Waals surface area contributed by atoms with Crippen molar-refractivity contribution in [3.8, 4) is 5.75 Å². The molecule has 0 unspecified atom stereocenters. The van der Waals surface area contributed by atoms with Crippen LogP contribution in [0.1, 0.15) is 5.76 Å². The van der Waals surface area contributed by atoms with Crippen molar-refractivity contribution in [1.82, 2.24) is 0 Å². The predicted octanol–water partition coefficient (Wildman–Crippen LogP) is 1.31. The quantitative estimate of drug-likeness (QED) is 0.623. The van der Waals surface area contributed by atoms with Crippen LogP contribution in [0.25, 0.3) is 0 Å². The molecule has 0 spiro atoms. The third-order valence-electron chi connectivity index (χ3n) is 1.00. The molecule has 1 N–H and O–H groups in total. The van der Waals surface area contributed by atoms with Crippen LogP contribution < -0.4 is 5.63 Å². The van der Waals surface area contributed by atoms with E-state index in [0.29, 0.717) is 5.76 Å². The van der Waals surface area contributed by atoms with E-state index in [2.05, 4.69) is 4.42 Å². The topological polar surface area (TPSA) is 50.4 Å². The maximum absolute atomic E-state index is 10.6. The molecule has 0 radical (unpaired) electrons. The zero-order valence-corrected chi connectivity index (χ0v) is 5.97. The Hall–Kier alpha value is -0.960. The molecule has 1 rings (SSSR count). The molecule has 10 heavy (non-hydrogen) atoms. The number of hydrogen-bond acceptors (Lipinski definition) is 3. The van der Waals surface area contributed by atoms with E-state index in [1.54, 1.807) is 6.92 Å². The van der Waals surface area contributed by atoms with Crippen molar-refractivity contribution in [1.29, 1.82) is 0 Å². The van der Waals surface area contributed by atoms with Gasteiger partial charge in [0.15, 0.2) is 0 Å². The predicted molar refractivity (Wildman–Crippen MR) is 36.4 cm³/mol. The molecule has 0 saturated carbocycles. The Kier molecular flexibility index (Phi) is 1.68. The smallest absolute Gasteiger partial charge is 0.380 e. The fourth-order valence-corrected chi connectivity index (χ4v) is 0.799. The van der Waals surface area contributed by atoms with Crippen LogP contribution in [0.15, 0.2) is 15.3 Å². The van der Waals surface area contributed by atoms with E-state index in [-0.39, 0.29) is 5.02 Å². The lowest BCUT2D eigenvalue weighted by Crippen LogP contribution is -1.98. The van der Waals surface area contributed by atoms with Crippen LogP contribution in [-0.4, -0.2) is 5.11 Å². The first-order valence-corrected chi connectivity index (χ1v) is 2.98. The van der Waals surface area contributed by atoms with Gasteiger partial charge in [-0.05, 0) is 13.0 Å². The van der Waals surface area contributed by atoms with E-state index in [9.17, 15) is 4.79 Å². The van der Waals surface area contributed by atoms with E-state index in [1.165, 1.54) is 6.07 Å². The Bertz CT molecular complexity index is 302. The molecule has 0 saturated heterocycles. The zero-order chi connectivity index (χ0) is 7.72. The molecule has 0 atom stereocenters. The van der Waals surface area contributed by atoms with Crippen molar-refractivity contribution >= 4 is 11.6 Å². The number of halogens is 1. The molecule has 0 fully saturated rings. The number of aromatic hydroxyl groups is 1. The molecule has 54 valence electrons. The van der Waals surface area contributed by atoms with Crippen LogP contribution >= 0.6 is 11.6 Å². The van der Waals surface area contributed by atoms with Crippen molar-refractivity contribution in [2.24, 2.45) is 0 Å². The van der Waals surface area contributed by atoms with Gasteiger partial charge in [-0.2, -0.15) is 0 Å². The van der Waals surface area contributed by atoms with E-state index in [1.807, 2.05) is 0 Å². The highest BCUT2D eigenvalue weighted by Crippen LogP contribution is 2.18. The number of aryl methyl sites for hydroxylation is 1. The Morgan fingerprint density at radius 3 is 2.80 bits per heavy atom. The average Bonchev–Trinajstić information content (AvgIpc) is 1.82. The van der Waals surface area contributed by atoms with Gasteiger partial charge in [0.2, 0.25) is 5.75 Å². The first-order chi connectivity index (χ1) is 4.61. The molecule has 0 amide bonds. The fraction of sp³-hybridized carbons (Fsp3) is 0.167. The van der Waals surface area contributed by atoms with Gasteiger partial charge in [0.25, 0.3) is 0 Å². The summed E-state index contributed by atoms with van der Waals surface area (Å²) in [5, 5.41) is 8.81. The van der Waals surface area contributed by atoms with Gasteiger partial charge in [-0.3, -0.25) is 0 Å². The lowest BCUT2D eigenvalue weighted by atomic mass is 10.4. The second-order valence-corrected chi connectivity index (χ2v) is 2.25. The molecule has 1 aromatic heterocycles. The second kappa shape index (κ2) is 2.34. The van der Waals surface area contributed by atoms with E-state index >= 15 is 0 Å². The van der Waals surface area contributed by atoms with Gasteiger partial charge >= 0.3 is 5.63 Å². The molecule has 0 bridgehead atoms. The maximum atomic E-state index is 10.6. The largest absolute Gasteiger partial charge is 0.501 e. The molecule has 0 aromatic carbocycles. The molecular weight excluding hydrogens is 156 g/mol. The normalized spacial score (nSPS) is 9.80. The standard InChI is InChI=1S/C6H5ClO3/c1-3-2-4(7)5(8)6(9)10-3/h2,8H,1H3. The van der Waals surface area contributed by atoms with Crippen molar-refractivity contribution < 1.29 is 9.52 Å². The van der Waals surface area contributed by atoms with Crippen molar-refractivity contribution in [2.45, 2.75) is 6.92 Å². The minimum atomic E-state index is -0.801. The van der Waals surface area contributed by atoms with Gasteiger partial charge < -0.3 is 9.52 Å². The van der Waals surface area contributed by atoms with Gasteiger partial charge in [-0.25, -0.2) is 4.79 Å². The highest BCUT2D eigenvalue weighted by atomic mass is 35.5. The molecular formula is C6H5ClO3. The summed E-state index contributed by atoms with van der Waals surface area (Å²) in [4.78, 5) is 10.6. The number of rotatable bonds is 0. The van der Waals surface area contributed by atoms with E-state index < -0.39 is 11.4 Å². The average molecular weight is 161 g/mol. The minimum Gasteiger partial charge on any atom is -0.501 e. The van der Waals surface area contributed by atoms with Gasteiger partial charge in [-0.15, -0.1) is 0 Å². The van der Waals surface area contributed by atoms with Crippen molar-refractivity contribution in [2.75, 3.05) is 0 Å². The molecule has 1 aromatic rings. The summed E-state index contributed by atoms with van der Waals surface area (Å²) in [6.07, 6.45) is 0. The first kappa shape index (κ1) is 7.15. The fourth-order valence-electron chi connectivity index (χ4n) is 0.568. The van der Waals surface area contributed by atoms with Crippen LogP contribution in [0.2, 0.25) is 5.02 Å². The Balaban J connectivity index is 3.46. The maximum Gasteiger partial charge on any atom is 0.380 e. The summed E-state index contributed by atoms with van der Waals surface area (Å²) in [6.45, 7) is 1.58. The SMILES string of the molecule is Cc1cc(Cl)c(O)c(=O)o1. The zero-order valence-electron chi connectivity index (χ0n) is 5.22. The lowest BCUT2D eigenvalue weighted by molar-refractivity contribution is 0.401. The summed E-state index contributed by atoms with van der Waals surface area (Å²) < 4.78 is 4.50. The van der Waals surface area contributed by atoms with Gasteiger partial charge in [0, 0.05) is 0 Å². The third kappa shape index (κ3) is 1.14. The highest BCUT2D eigenvalue weighted by molar-refractivity contribution is 6.31. The molecule has 4 heteroatoms. The second-order valence-electron chi connectivity index (χ2n) is 1.84. The first-order valence-electron chi connectivity index (χ1n) is 2.60. The molecule has 3 nitrogen and oxygen atoms in total. The molecule has 1 heterocycles. The van der Waals surface area contributed by atoms with Crippen LogP contribution in [0.5, 0.6) is 5.75 Å². The van der Waals surface area contributed by atoms with Crippen molar-refractivity contribution in [3.05, 3.63) is 27.3 Å². The van der Waals surface area contributed by atoms with Gasteiger partial charge in [0.1, 0.15) is 5.76 Å². The summed E-state index contributed by atoms with van der Waals surface area (Å²) in [6, 6.07) is 1.37. The molecule has 0 aliphatic heterocycles. The van der Waals surface area contributed by atoms with Crippen LogP contribution in [-0.2, 0) is 0 Å². The highest BCUT2D eigenvalue weighted by Gasteiger charge is 2.04.